The van der Waals surface area contributed by atoms with Crippen LogP contribution in [0.2, 0.25) is 0 Å². The maximum Gasteiger partial charge on any atom is 0.254 e. The number of halogens is 1. The average molecular weight is 340 g/mol. The molecule has 1 saturated heterocycles. The second-order valence-electron chi connectivity index (χ2n) is 6.30. The summed E-state index contributed by atoms with van der Waals surface area (Å²) in [5, 5.41) is 3.04. The van der Waals surface area contributed by atoms with Gasteiger partial charge < -0.3 is 16.0 Å². The van der Waals surface area contributed by atoms with Gasteiger partial charge in [-0.15, -0.1) is 12.4 Å². The van der Waals surface area contributed by atoms with E-state index in [0.29, 0.717) is 24.3 Å². The molecule has 5 nitrogen and oxygen atoms in total. The molecule has 1 aromatic carbocycles. The zero-order valence-electron chi connectivity index (χ0n) is 14.0. The first-order valence-electron chi connectivity index (χ1n) is 7.84. The maximum absolute atomic E-state index is 12.6. The van der Waals surface area contributed by atoms with Gasteiger partial charge in [0, 0.05) is 36.3 Å². The number of likely N-dealkylation sites (tertiary alicyclic amines) is 1. The Hall–Kier alpha value is -1.75. The van der Waals surface area contributed by atoms with E-state index in [0.717, 1.165) is 18.4 Å². The molecule has 6 heteroatoms. The zero-order valence-corrected chi connectivity index (χ0v) is 14.8. The van der Waals surface area contributed by atoms with Gasteiger partial charge in [-0.1, -0.05) is 19.9 Å². The van der Waals surface area contributed by atoms with Crippen LogP contribution in [0.5, 0.6) is 0 Å². The summed E-state index contributed by atoms with van der Waals surface area (Å²) in [6.45, 7) is 7.02. The minimum absolute atomic E-state index is 0. The van der Waals surface area contributed by atoms with Crippen molar-refractivity contribution in [1.82, 2.24) is 10.2 Å². The van der Waals surface area contributed by atoms with Gasteiger partial charge >= 0.3 is 0 Å². The molecule has 1 fully saturated rings. The number of carbonyl (C=O) groups is 2. The van der Waals surface area contributed by atoms with Crippen molar-refractivity contribution >= 4 is 29.9 Å². The van der Waals surface area contributed by atoms with Gasteiger partial charge in [0.25, 0.3) is 5.91 Å². The highest BCUT2D eigenvalue weighted by molar-refractivity contribution is 5.96. The van der Waals surface area contributed by atoms with Crippen LogP contribution in [0.3, 0.4) is 0 Å². The van der Waals surface area contributed by atoms with Crippen LogP contribution >= 0.6 is 12.4 Å². The van der Waals surface area contributed by atoms with E-state index >= 15 is 0 Å². The molecule has 2 amide bonds. The molecule has 1 aliphatic heterocycles. The van der Waals surface area contributed by atoms with Crippen LogP contribution < -0.4 is 11.1 Å². The lowest BCUT2D eigenvalue weighted by Crippen LogP contribution is -2.47. The number of carbonyl (C=O) groups excluding carboxylic acids is 2. The topological polar surface area (TPSA) is 75.4 Å². The van der Waals surface area contributed by atoms with E-state index in [1.54, 1.807) is 12.1 Å². The van der Waals surface area contributed by atoms with Gasteiger partial charge in [0.05, 0.1) is 0 Å². The van der Waals surface area contributed by atoms with Crippen molar-refractivity contribution in [2.45, 2.75) is 39.7 Å². The molecular formula is C17H26ClN3O2. The number of anilines is 1. The molecule has 1 aliphatic rings. The van der Waals surface area contributed by atoms with Crippen LogP contribution in [0, 0.1) is 12.8 Å². The lowest BCUT2D eigenvalue weighted by Gasteiger charge is -2.33. The van der Waals surface area contributed by atoms with E-state index in [9.17, 15) is 9.59 Å². The van der Waals surface area contributed by atoms with E-state index in [4.69, 9.17) is 5.73 Å². The number of nitrogen functional groups attached to an aromatic ring is 1. The maximum atomic E-state index is 12.6. The Morgan fingerprint density at radius 1 is 1.26 bits per heavy atom. The normalized spacial score (nSPS) is 15.2. The fourth-order valence-corrected chi connectivity index (χ4v) is 2.64. The summed E-state index contributed by atoms with van der Waals surface area (Å²) in [5.74, 6) is 0.101. The van der Waals surface area contributed by atoms with E-state index in [1.165, 1.54) is 0 Å². The number of nitrogens with one attached hydrogen (secondary N) is 1. The second kappa shape index (κ2) is 8.20. The molecule has 0 aliphatic carbocycles. The largest absolute Gasteiger partial charge is 0.399 e. The predicted octanol–water partition coefficient (Wildman–Crippen LogP) is 2.38. The molecule has 128 valence electrons. The summed E-state index contributed by atoms with van der Waals surface area (Å²) in [6, 6.07) is 5.59. The molecule has 1 heterocycles. The fourth-order valence-electron chi connectivity index (χ4n) is 2.64. The van der Waals surface area contributed by atoms with E-state index in [2.05, 4.69) is 5.32 Å². The van der Waals surface area contributed by atoms with E-state index in [-0.39, 0.29) is 36.2 Å². The third-order valence-electron chi connectivity index (χ3n) is 4.14. The first kappa shape index (κ1) is 19.3. The van der Waals surface area contributed by atoms with Gasteiger partial charge in [-0.2, -0.15) is 0 Å². The van der Waals surface area contributed by atoms with Gasteiger partial charge in [0.1, 0.15) is 0 Å². The van der Waals surface area contributed by atoms with E-state index < -0.39 is 0 Å². The molecule has 1 aromatic rings. The van der Waals surface area contributed by atoms with Gasteiger partial charge in [0.2, 0.25) is 5.91 Å². The summed E-state index contributed by atoms with van der Waals surface area (Å²) < 4.78 is 0. The molecule has 0 bridgehead atoms. The smallest absolute Gasteiger partial charge is 0.254 e. The van der Waals surface area contributed by atoms with Crippen molar-refractivity contribution < 1.29 is 9.59 Å². The molecule has 0 aromatic heterocycles. The monoisotopic (exact) mass is 339 g/mol. The van der Waals surface area contributed by atoms with Gasteiger partial charge in [-0.3, -0.25) is 9.59 Å². The minimum atomic E-state index is -0.00500. The quantitative estimate of drug-likeness (QED) is 0.830. The molecule has 0 spiro atoms. The molecule has 3 N–H and O–H groups in total. The van der Waals surface area contributed by atoms with Crippen molar-refractivity contribution in [3.05, 3.63) is 29.3 Å². The number of nitrogens with two attached hydrogens (primary N) is 1. The first-order valence-corrected chi connectivity index (χ1v) is 7.84. The Bertz CT molecular complexity index is 567. The van der Waals surface area contributed by atoms with Crippen molar-refractivity contribution in [2.75, 3.05) is 18.8 Å². The lowest BCUT2D eigenvalue weighted by molar-refractivity contribution is -0.124. The van der Waals surface area contributed by atoms with Gasteiger partial charge in [-0.25, -0.2) is 0 Å². The Morgan fingerprint density at radius 2 is 1.87 bits per heavy atom. The zero-order chi connectivity index (χ0) is 16.3. The molecule has 0 radical (unpaired) electrons. The highest BCUT2D eigenvalue weighted by Gasteiger charge is 2.25. The summed E-state index contributed by atoms with van der Waals surface area (Å²) in [4.78, 5) is 26.2. The number of rotatable bonds is 3. The second-order valence-corrected chi connectivity index (χ2v) is 6.30. The Kier molecular flexibility index (Phi) is 6.88. The Morgan fingerprint density at radius 3 is 2.43 bits per heavy atom. The average Bonchev–Trinajstić information content (AvgIpc) is 2.49. The van der Waals surface area contributed by atoms with Crippen LogP contribution in [0.25, 0.3) is 0 Å². The molecular weight excluding hydrogens is 314 g/mol. The van der Waals surface area contributed by atoms with Crippen LogP contribution in [0.15, 0.2) is 18.2 Å². The molecule has 0 atom stereocenters. The number of hydrogen-bond acceptors (Lipinski definition) is 3. The SMILES string of the molecule is Cc1ccc(N)cc1C(=O)N1CCC(NC(=O)C(C)C)CC1.Cl. The predicted molar refractivity (Wildman–Crippen MR) is 94.7 cm³/mol. The van der Waals surface area contributed by atoms with E-state index in [1.807, 2.05) is 31.7 Å². The van der Waals surface area contributed by atoms with Crippen molar-refractivity contribution in [2.24, 2.45) is 5.92 Å². The third kappa shape index (κ3) is 4.86. The number of piperidine rings is 1. The summed E-state index contributed by atoms with van der Waals surface area (Å²) in [6.07, 6.45) is 1.59. The van der Waals surface area contributed by atoms with Crippen molar-refractivity contribution in [3.8, 4) is 0 Å². The number of amides is 2. The highest BCUT2D eigenvalue weighted by Crippen LogP contribution is 2.18. The van der Waals surface area contributed by atoms with Crippen LogP contribution in [-0.2, 0) is 4.79 Å². The Labute approximate surface area is 144 Å². The molecule has 23 heavy (non-hydrogen) atoms. The van der Waals surface area contributed by atoms with Crippen LogP contribution in [0.4, 0.5) is 5.69 Å². The van der Waals surface area contributed by atoms with Crippen LogP contribution in [0.1, 0.15) is 42.6 Å². The third-order valence-corrected chi connectivity index (χ3v) is 4.14. The van der Waals surface area contributed by atoms with Crippen molar-refractivity contribution in [3.63, 3.8) is 0 Å². The molecule has 0 unspecified atom stereocenters. The number of hydrogen-bond donors (Lipinski definition) is 2. The summed E-state index contributed by atoms with van der Waals surface area (Å²) in [5.41, 5.74) is 8.00. The minimum Gasteiger partial charge on any atom is -0.399 e. The van der Waals surface area contributed by atoms with Gasteiger partial charge in [0.15, 0.2) is 0 Å². The summed E-state index contributed by atoms with van der Waals surface area (Å²) in [7, 11) is 0. The first-order chi connectivity index (χ1) is 10.4. The highest BCUT2D eigenvalue weighted by atomic mass is 35.5. The molecule has 0 saturated carbocycles. The fraction of sp³-hybridized carbons (Fsp3) is 0.529. The van der Waals surface area contributed by atoms with Crippen molar-refractivity contribution in [1.29, 1.82) is 0 Å². The van der Waals surface area contributed by atoms with Crippen LogP contribution in [-0.4, -0.2) is 35.8 Å². The standard InChI is InChI=1S/C17H25N3O2.ClH/c1-11(2)16(21)19-14-6-8-20(9-7-14)17(22)15-10-13(18)5-4-12(15)3;/h4-5,10-11,14H,6-9,18H2,1-3H3,(H,19,21);1H. The number of aryl methyl sites for hydroxylation is 1. The number of benzene rings is 1. The van der Waals surface area contributed by atoms with Gasteiger partial charge in [-0.05, 0) is 37.5 Å². The number of nitrogens with zero attached hydrogens (tertiary/aromatic N) is 1. The summed E-state index contributed by atoms with van der Waals surface area (Å²) >= 11 is 0. The lowest BCUT2D eigenvalue weighted by atomic mass is 10.0. The molecule has 2 rings (SSSR count). The Balaban J connectivity index is 0.00000264.